The summed E-state index contributed by atoms with van der Waals surface area (Å²) in [4.78, 5) is 21.3. The lowest BCUT2D eigenvalue weighted by molar-refractivity contribution is -0.127. The molecule has 2 amide bonds. The van der Waals surface area contributed by atoms with Crippen molar-refractivity contribution in [1.29, 1.82) is 0 Å². The zero-order valence-corrected chi connectivity index (χ0v) is 5.58. The molecular formula is C6H6FNO3. The lowest BCUT2D eigenvalue weighted by Crippen LogP contribution is -2.38. The van der Waals surface area contributed by atoms with Crippen molar-refractivity contribution in [3.8, 4) is 0 Å². The van der Waals surface area contributed by atoms with Crippen molar-refractivity contribution < 1.29 is 19.1 Å². The van der Waals surface area contributed by atoms with Gasteiger partial charge in [0.15, 0.2) is 5.83 Å². The molecule has 0 aromatic carbocycles. The highest BCUT2D eigenvalue weighted by molar-refractivity contribution is 6.01. The van der Waals surface area contributed by atoms with Gasteiger partial charge in [-0.05, 0) is 12.5 Å². The van der Waals surface area contributed by atoms with Gasteiger partial charge in [-0.3, -0.25) is 4.79 Å². The number of carbonyl (C=O) groups is 2. The largest absolute Gasteiger partial charge is 0.465 e. The van der Waals surface area contributed by atoms with Gasteiger partial charge in [0.2, 0.25) is 0 Å². The van der Waals surface area contributed by atoms with Crippen LogP contribution in [0.4, 0.5) is 9.18 Å². The molecule has 1 rings (SSSR count). The Balaban J connectivity index is 2.81. The van der Waals surface area contributed by atoms with Gasteiger partial charge in [-0.1, -0.05) is 0 Å². The molecule has 0 bridgehead atoms. The molecule has 0 spiro atoms. The van der Waals surface area contributed by atoms with Crippen LogP contribution in [0.2, 0.25) is 0 Å². The van der Waals surface area contributed by atoms with Crippen molar-refractivity contribution in [2.24, 2.45) is 0 Å². The average molecular weight is 159 g/mol. The summed E-state index contributed by atoms with van der Waals surface area (Å²) in [5.74, 6) is -2.05. The first kappa shape index (κ1) is 7.71. The monoisotopic (exact) mass is 159 g/mol. The number of imide groups is 1. The molecule has 0 unspecified atom stereocenters. The van der Waals surface area contributed by atoms with E-state index in [9.17, 15) is 14.0 Å². The second kappa shape index (κ2) is 2.69. The molecule has 1 aliphatic rings. The molecule has 1 aliphatic heterocycles. The third-order valence-electron chi connectivity index (χ3n) is 1.36. The Morgan fingerprint density at radius 1 is 1.73 bits per heavy atom. The number of amides is 2. The van der Waals surface area contributed by atoms with Crippen LogP contribution < -0.4 is 0 Å². The molecule has 1 heterocycles. The number of rotatable bonds is 0. The normalized spacial score (nSPS) is 18.1. The summed E-state index contributed by atoms with van der Waals surface area (Å²) in [5.41, 5.74) is 0. The number of nitrogens with zero attached hydrogens (tertiary/aromatic N) is 1. The molecule has 0 aliphatic carbocycles. The van der Waals surface area contributed by atoms with E-state index in [-0.39, 0.29) is 13.0 Å². The fourth-order valence-corrected chi connectivity index (χ4v) is 0.821. The molecule has 0 fully saturated rings. The highest BCUT2D eigenvalue weighted by Crippen LogP contribution is 2.11. The minimum Gasteiger partial charge on any atom is -0.465 e. The van der Waals surface area contributed by atoms with E-state index in [4.69, 9.17) is 5.11 Å². The highest BCUT2D eigenvalue weighted by Gasteiger charge is 2.26. The Kier molecular flexibility index (Phi) is 1.89. The predicted octanol–water partition coefficient (Wildman–Crippen LogP) is 0.750. The van der Waals surface area contributed by atoms with Gasteiger partial charge in [-0.25, -0.2) is 14.1 Å². The highest BCUT2D eigenvalue weighted by atomic mass is 19.1. The Morgan fingerprint density at radius 2 is 2.36 bits per heavy atom. The van der Waals surface area contributed by atoms with E-state index < -0.39 is 17.8 Å². The standard InChI is InChI=1S/C6H6FNO3/c7-4-2-1-3-8(5(4)9)6(10)11/h2H,1,3H2,(H,10,11). The quantitative estimate of drug-likeness (QED) is 0.567. The minimum absolute atomic E-state index is 0.0432. The van der Waals surface area contributed by atoms with Crippen LogP contribution in [0.25, 0.3) is 0 Å². The Bertz CT molecular complexity index is 236. The first-order chi connectivity index (χ1) is 5.13. The van der Waals surface area contributed by atoms with Crippen LogP contribution in [0.3, 0.4) is 0 Å². The third-order valence-corrected chi connectivity index (χ3v) is 1.36. The smallest absolute Gasteiger partial charge is 0.414 e. The number of hydrogen-bond donors (Lipinski definition) is 1. The molecule has 0 atom stereocenters. The van der Waals surface area contributed by atoms with E-state index >= 15 is 0 Å². The maximum absolute atomic E-state index is 12.4. The molecule has 0 aromatic rings. The maximum atomic E-state index is 12.4. The summed E-state index contributed by atoms with van der Waals surface area (Å²) in [6.07, 6.45) is -0.0655. The molecule has 0 aromatic heterocycles. The lowest BCUT2D eigenvalue weighted by atomic mass is 10.2. The summed E-state index contributed by atoms with van der Waals surface area (Å²) in [5, 5.41) is 8.34. The number of halogens is 1. The SMILES string of the molecule is O=C(O)N1CCC=C(F)C1=O. The van der Waals surface area contributed by atoms with E-state index in [1.54, 1.807) is 0 Å². The van der Waals surface area contributed by atoms with E-state index in [2.05, 4.69) is 0 Å². The first-order valence-corrected chi connectivity index (χ1v) is 3.03. The third kappa shape index (κ3) is 1.36. The van der Waals surface area contributed by atoms with E-state index in [0.29, 0.717) is 4.90 Å². The molecule has 1 N–H and O–H groups in total. The van der Waals surface area contributed by atoms with Crippen molar-refractivity contribution in [1.82, 2.24) is 4.90 Å². The minimum atomic E-state index is -1.40. The molecule has 5 heteroatoms. The van der Waals surface area contributed by atoms with Crippen LogP contribution in [0.5, 0.6) is 0 Å². The molecule has 11 heavy (non-hydrogen) atoms. The number of hydrogen-bond acceptors (Lipinski definition) is 2. The Hall–Kier alpha value is -1.39. The van der Waals surface area contributed by atoms with Gasteiger partial charge in [0.25, 0.3) is 5.91 Å². The van der Waals surface area contributed by atoms with Gasteiger partial charge in [0.1, 0.15) is 0 Å². The van der Waals surface area contributed by atoms with Crippen molar-refractivity contribution in [2.75, 3.05) is 6.54 Å². The van der Waals surface area contributed by atoms with Crippen molar-refractivity contribution in [3.63, 3.8) is 0 Å². The second-order valence-electron chi connectivity index (χ2n) is 2.08. The van der Waals surface area contributed by atoms with Crippen molar-refractivity contribution in [3.05, 3.63) is 11.9 Å². The summed E-state index contributed by atoms with van der Waals surface area (Å²) >= 11 is 0. The van der Waals surface area contributed by atoms with Crippen LogP contribution in [0.1, 0.15) is 6.42 Å². The van der Waals surface area contributed by atoms with Gasteiger partial charge in [0, 0.05) is 6.54 Å². The van der Waals surface area contributed by atoms with Gasteiger partial charge in [-0.15, -0.1) is 0 Å². The van der Waals surface area contributed by atoms with Gasteiger partial charge >= 0.3 is 6.09 Å². The van der Waals surface area contributed by atoms with E-state index in [1.165, 1.54) is 0 Å². The van der Waals surface area contributed by atoms with E-state index in [1.807, 2.05) is 0 Å². The number of carboxylic acid groups (broad SMARTS) is 1. The summed E-state index contributed by atoms with van der Waals surface area (Å²) < 4.78 is 12.4. The molecular weight excluding hydrogens is 153 g/mol. The topological polar surface area (TPSA) is 57.6 Å². The molecule has 60 valence electrons. The summed E-state index contributed by atoms with van der Waals surface area (Å²) in [6.45, 7) is 0.0432. The van der Waals surface area contributed by atoms with Gasteiger partial charge in [0.05, 0.1) is 0 Å². The van der Waals surface area contributed by atoms with Crippen LogP contribution >= 0.6 is 0 Å². The Labute approximate surface area is 61.9 Å². The average Bonchev–Trinajstić information content (AvgIpc) is 1.94. The van der Waals surface area contributed by atoms with Crippen LogP contribution in [-0.2, 0) is 4.79 Å². The fraction of sp³-hybridized carbons (Fsp3) is 0.333. The van der Waals surface area contributed by atoms with Crippen LogP contribution in [0, 0.1) is 0 Å². The van der Waals surface area contributed by atoms with E-state index in [0.717, 1.165) is 6.08 Å². The van der Waals surface area contributed by atoms with Gasteiger partial charge in [-0.2, -0.15) is 0 Å². The van der Waals surface area contributed by atoms with Gasteiger partial charge < -0.3 is 5.11 Å². The Morgan fingerprint density at radius 3 is 2.82 bits per heavy atom. The second-order valence-corrected chi connectivity index (χ2v) is 2.08. The fourth-order valence-electron chi connectivity index (χ4n) is 0.821. The molecule has 0 radical (unpaired) electrons. The lowest BCUT2D eigenvalue weighted by Gasteiger charge is -2.18. The summed E-state index contributed by atoms with van der Waals surface area (Å²) in [7, 11) is 0. The zero-order chi connectivity index (χ0) is 8.43. The summed E-state index contributed by atoms with van der Waals surface area (Å²) in [6, 6.07) is 0. The molecule has 0 saturated carbocycles. The predicted molar refractivity (Wildman–Crippen MR) is 33.5 cm³/mol. The zero-order valence-electron chi connectivity index (χ0n) is 5.58. The van der Waals surface area contributed by atoms with Crippen molar-refractivity contribution >= 4 is 12.0 Å². The van der Waals surface area contributed by atoms with Crippen LogP contribution in [0.15, 0.2) is 11.9 Å². The van der Waals surface area contributed by atoms with Crippen LogP contribution in [-0.4, -0.2) is 28.6 Å². The first-order valence-electron chi connectivity index (χ1n) is 3.03. The molecule has 0 saturated heterocycles. The van der Waals surface area contributed by atoms with Crippen molar-refractivity contribution in [2.45, 2.75) is 6.42 Å². The molecule has 4 nitrogen and oxygen atoms in total. The number of carbonyl (C=O) groups excluding carboxylic acids is 1. The maximum Gasteiger partial charge on any atom is 0.414 e.